The standard InChI is InChI=1S/C58H32N4S/c1-2-15-36(16-3-1)61-45-23-10-8-19-39(45)43-31-35(27-29-46(43)61)56-58(59-44-28-25-33-13-4-5-17-37(33)57(44)60-56)62-47-30-26-34-14-12-22-40-38-18-6-7-20-41(38)53-52-42-21-9-11-24-49(42)63-50(52)32-48(62)55(53)54(47)51(34)40/h1-32H. The van der Waals surface area contributed by atoms with Gasteiger partial charge >= 0.3 is 0 Å². The van der Waals surface area contributed by atoms with Crippen LogP contribution in [0, 0.1) is 0 Å². The Bertz CT molecular complexity index is 4320. The first kappa shape index (κ1) is 33.6. The van der Waals surface area contributed by atoms with Gasteiger partial charge in [-0.15, -0.1) is 11.3 Å². The predicted molar refractivity (Wildman–Crippen MR) is 266 cm³/mol. The molecule has 1 aliphatic rings. The first-order chi connectivity index (χ1) is 31.3. The molecule has 10 aromatic carbocycles. The van der Waals surface area contributed by atoms with E-state index in [2.05, 4.69) is 203 Å². The minimum Gasteiger partial charge on any atom is -0.309 e. The zero-order valence-corrected chi connectivity index (χ0v) is 34.5. The summed E-state index contributed by atoms with van der Waals surface area (Å²) in [5.74, 6) is 0.820. The van der Waals surface area contributed by atoms with Crippen molar-refractivity contribution in [1.82, 2.24) is 19.1 Å². The summed E-state index contributed by atoms with van der Waals surface area (Å²) in [6.07, 6.45) is 0. The quantitative estimate of drug-likeness (QED) is 0.167. The fourth-order valence-corrected chi connectivity index (χ4v) is 12.2. The van der Waals surface area contributed by atoms with Crippen molar-refractivity contribution >= 4 is 108 Å². The monoisotopic (exact) mass is 816 g/mol. The molecule has 0 bridgehead atoms. The van der Waals surface area contributed by atoms with Gasteiger partial charge < -0.3 is 4.57 Å². The van der Waals surface area contributed by atoms with Crippen LogP contribution in [0.25, 0.3) is 141 Å². The van der Waals surface area contributed by atoms with Crippen LogP contribution in [0.2, 0.25) is 0 Å². The van der Waals surface area contributed by atoms with Gasteiger partial charge in [-0.25, -0.2) is 9.97 Å². The van der Waals surface area contributed by atoms with Crippen LogP contribution in [0.4, 0.5) is 0 Å². The van der Waals surface area contributed by atoms with Gasteiger partial charge in [0.1, 0.15) is 5.69 Å². The van der Waals surface area contributed by atoms with Gasteiger partial charge in [0.05, 0.1) is 33.1 Å². The lowest BCUT2D eigenvalue weighted by molar-refractivity contribution is 1.08. The first-order valence-corrected chi connectivity index (χ1v) is 22.3. The minimum atomic E-state index is 0.820. The maximum absolute atomic E-state index is 5.76. The van der Waals surface area contributed by atoms with E-state index in [-0.39, 0.29) is 0 Å². The molecule has 0 N–H and O–H groups in total. The van der Waals surface area contributed by atoms with E-state index in [0.29, 0.717) is 0 Å². The normalized spacial score (nSPS) is 12.4. The molecule has 5 heteroatoms. The molecule has 0 unspecified atom stereocenters. The lowest BCUT2D eigenvalue weighted by Gasteiger charge is -2.17. The predicted octanol–water partition coefficient (Wildman–Crippen LogP) is 15.8. The third kappa shape index (κ3) is 4.43. The topological polar surface area (TPSA) is 35.6 Å². The Morgan fingerprint density at radius 1 is 0.381 bits per heavy atom. The van der Waals surface area contributed by atoms with E-state index in [0.717, 1.165) is 61.1 Å². The van der Waals surface area contributed by atoms with Gasteiger partial charge in [0.15, 0.2) is 5.82 Å². The summed E-state index contributed by atoms with van der Waals surface area (Å²) in [7, 11) is 0. The Morgan fingerprint density at radius 3 is 2.02 bits per heavy atom. The van der Waals surface area contributed by atoms with E-state index in [4.69, 9.17) is 9.97 Å². The Balaban J connectivity index is 1.13. The second-order valence-electron chi connectivity index (χ2n) is 16.8. The summed E-state index contributed by atoms with van der Waals surface area (Å²) in [6.45, 7) is 0. The molecular formula is C58H32N4S. The molecule has 4 nitrogen and oxygen atoms in total. The molecule has 0 aliphatic heterocycles. The molecule has 0 amide bonds. The van der Waals surface area contributed by atoms with Gasteiger partial charge in [-0.1, -0.05) is 140 Å². The summed E-state index contributed by atoms with van der Waals surface area (Å²) in [5.41, 5.74) is 14.4. The molecule has 0 saturated heterocycles. The van der Waals surface area contributed by atoms with Gasteiger partial charge in [-0.3, -0.25) is 4.57 Å². The van der Waals surface area contributed by atoms with Crippen molar-refractivity contribution in [1.29, 1.82) is 0 Å². The lowest BCUT2D eigenvalue weighted by Crippen LogP contribution is -2.04. The zero-order chi connectivity index (χ0) is 40.9. The molecule has 4 aromatic heterocycles. The van der Waals surface area contributed by atoms with Gasteiger partial charge in [0.2, 0.25) is 0 Å². The number of benzene rings is 10. The highest BCUT2D eigenvalue weighted by molar-refractivity contribution is 7.26. The van der Waals surface area contributed by atoms with Gasteiger partial charge in [-0.05, 0) is 87.4 Å². The molecule has 14 aromatic rings. The molecular weight excluding hydrogens is 785 g/mol. The molecule has 0 radical (unpaired) electrons. The molecule has 0 saturated carbocycles. The Kier molecular flexibility index (Phi) is 6.53. The van der Waals surface area contributed by atoms with E-state index in [1.807, 2.05) is 11.3 Å². The van der Waals surface area contributed by atoms with Gasteiger partial charge in [-0.2, -0.15) is 0 Å². The molecule has 290 valence electrons. The number of para-hydroxylation sites is 2. The summed E-state index contributed by atoms with van der Waals surface area (Å²) < 4.78 is 7.36. The smallest absolute Gasteiger partial charge is 0.165 e. The maximum atomic E-state index is 5.76. The molecule has 15 rings (SSSR count). The van der Waals surface area contributed by atoms with E-state index < -0.39 is 0 Å². The van der Waals surface area contributed by atoms with Crippen LogP contribution >= 0.6 is 11.3 Å². The molecule has 0 atom stereocenters. The van der Waals surface area contributed by atoms with Crippen molar-refractivity contribution in [3.05, 3.63) is 194 Å². The molecule has 0 spiro atoms. The Morgan fingerprint density at radius 2 is 1.10 bits per heavy atom. The van der Waals surface area contributed by atoms with Crippen LogP contribution in [0.15, 0.2) is 194 Å². The fourth-order valence-electron chi connectivity index (χ4n) is 11.0. The third-order valence-electron chi connectivity index (χ3n) is 13.6. The Hall–Kier alpha value is -8.12. The number of hydrogen-bond donors (Lipinski definition) is 0. The van der Waals surface area contributed by atoms with Gasteiger partial charge in [0, 0.05) is 63.9 Å². The van der Waals surface area contributed by atoms with Crippen molar-refractivity contribution in [2.24, 2.45) is 0 Å². The van der Waals surface area contributed by atoms with Crippen molar-refractivity contribution < 1.29 is 0 Å². The zero-order valence-electron chi connectivity index (χ0n) is 33.7. The van der Waals surface area contributed by atoms with E-state index in [9.17, 15) is 0 Å². The lowest BCUT2D eigenvalue weighted by atomic mass is 9.91. The molecule has 63 heavy (non-hydrogen) atoms. The first-order valence-electron chi connectivity index (χ1n) is 21.5. The van der Waals surface area contributed by atoms with Crippen LogP contribution in [0.1, 0.15) is 0 Å². The largest absolute Gasteiger partial charge is 0.309 e. The summed E-state index contributed by atoms with van der Waals surface area (Å²) in [4.78, 5) is 11.5. The SMILES string of the molecule is c1ccc(-n2c3ccccc3c3cc(-c4nc5c(ccc6ccccc65)nc4-n4c5cc6sc7ccccc7c6c6c5c5c7c(cccc7ccc54)-c4ccccc4-6)ccc32)cc1. The average Bonchev–Trinajstić information content (AvgIpc) is 3.97. The maximum Gasteiger partial charge on any atom is 0.165 e. The highest BCUT2D eigenvalue weighted by atomic mass is 32.1. The summed E-state index contributed by atoms with van der Waals surface area (Å²) in [6, 6.07) is 70.9. The van der Waals surface area contributed by atoms with Crippen molar-refractivity contribution in [3.8, 4) is 45.0 Å². The fraction of sp³-hybridized carbons (Fsp3) is 0. The summed E-state index contributed by atoms with van der Waals surface area (Å²) in [5, 5.41) is 12.3. The number of thiophene rings is 1. The van der Waals surface area contributed by atoms with Crippen LogP contribution < -0.4 is 0 Å². The number of hydrogen-bond acceptors (Lipinski definition) is 3. The van der Waals surface area contributed by atoms with Crippen LogP contribution in [-0.2, 0) is 0 Å². The van der Waals surface area contributed by atoms with Crippen molar-refractivity contribution in [2.45, 2.75) is 0 Å². The third-order valence-corrected chi connectivity index (χ3v) is 14.7. The van der Waals surface area contributed by atoms with E-state index in [1.54, 1.807) is 0 Å². The van der Waals surface area contributed by atoms with Crippen LogP contribution in [-0.4, -0.2) is 19.1 Å². The van der Waals surface area contributed by atoms with E-state index in [1.165, 1.54) is 80.3 Å². The average molecular weight is 817 g/mol. The van der Waals surface area contributed by atoms with Crippen molar-refractivity contribution in [2.75, 3.05) is 0 Å². The van der Waals surface area contributed by atoms with E-state index >= 15 is 0 Å². The number of nitrogens with zero attached hydrogens (tertiary/aromatic N) is 4. The molecule has 1 aliphatic carbocycles. The number of aromatic nitrogens is 4. The highest BCUT2D eigenvalue weighted by Gasteiger charge is 2.30. The number of fused-ring (bicyclic) bond motifs is 13. The Labute approximate surface area is 364 Å². The highest BCUT2D eigenvalue weighted by Crippen LogP contribution is 2.54. The van der Waals surface area contributed by atoms with Crippen LogP contribution in [0.5, 0.6) is 0 Å². The van der Waals surface area contributed by atoms with Crippen molar-refractivity contribution in [3.63, 3.8) is 0 Å². The second-order valence-corrected chi connectivity index (χ2v) is 17.9. The minimum absolute atomic E-state index is 0.820. The van der Waals surface area contributed by atoms with Gasteiger partial charge in [0.25, 0.3) is 0 Å². The molecule has 4 heterocycles. The summed E-state index contributed by atoms with van der Waals surface area (Å²) >= 11 is 1.87. The number of rotatable bonds is 3. The molecule has 0 fully saturated rings. The second kappa shape index (κ2) is 12.3. The van der Waals surface area contributed by atoms with Crippen LogP contribution in [0.3, 0.4) is 0 Å².